The highest BCUT2D eigenvalue weighted by Gasteiger charge is 2.37. The summed E-state index contributed by atoms with van der Waals surface area (Å²) in [5, 5.41) is 12.2. The van der Waals surface area contributed by atoms with Crippen LogP contribution in [0.4, 0.5) is 0 Å². The van der Waals surface area contributed by atoms with Crippen LogP contribution in [-0.4, -0.2) is 34.7 Å². The molecule has 0 aromatic carbocycles. The second-order valence-corrected chi connectivity index (χ2v) is 6.23. The van der Waals surface area contributed by atoms with E-state index < -0.39 is 5.60 Å². The van der Waals surface area contributed by atoms with Crippen LogP contribution in [0.5, 0.6) is 0 Å². The number of hydrogen-bond donors (Lipinski definition) is 2. The van der Waals surface area contributed by atoms with Gasteiger partial charge in [-0.3, -0.25) is 4.90 Å². The molecule has 3 N–H and O–H groups in total. The Kier molecular flexibility index (Phi) is 3.88. The summed E-state index contributed by atoms with van der Waals surface area (Å²) in [6.45, 7) is 5.70. The van der Waals surface area contributed by atoms with E-state index in [1.807, 2.05) is 6.92 Å². The first-order valence-electron chi connectivity index (χ1n) is 6.29. The van der Waals surface area contributed by atoms with Crippen molar-refractivity contribution in [2.24, 2.45) is 5.73 Å². The molecule has 3 nitrogen and oxygen atoms in total. The second-order valence-electron chi connectivity index (χ2n) is 5.25. The third-order valence-electron chi connectivity index (χ3n) is 3.59. The Morgan fingerprint density at radius 2 is 2.41 bits per heavy atom. The Bertz CT molecular complexity index is 350. The van der Waals surface area contributed by atoms with E-state index in [4.69, 9.17) is 5.73 Å². The Morgan fingerprint density at radius 3 is 2.88 bits per heavy atom. The summed E-state index contributed by atoms with van der Waals surface area (Å²) < 4.78 is 0. The number of thiophene rings is 1. The number of nitrogens with zero attached hydrogens (tertiary/aromatic N) is 1. The van der Waals surface area contributed by atoms with Crippen molar-refractivity contribution in [1.82, 2.24) is 4.90 Å². The quantitative estimate of drug-likeness (QED) is 0.864. The molecule has 1 aromatic heterocycles. The fourth-order valence-corrected chi connectivity index (χ4v) is 3.50. The predicted molar refractivity (Wildman–Crippen MR) is 72.1 cm³/mol. The Hall–Kier alpha value is -0.420. The van der Waals surface area contributed by atoms with Crippen LogP contribution in [0.15, 0.2) is 17.5 Å². The van der Waals surface area contributed by atoms with Crippen LogP contribution in [0.3, 0.4) is 0 Å². The summed E-state index contributed by atoms with van der Waals surface area (Å²) in [6.07, 6.45) is 1.80. The fourth-order valence-electron chi connectivity index (χ4n) is 2.56. The van der Waals surface area contributed by atoms with Gasteiger partial charge in [-0.1, -0.05) is 13.0 Å². The number of β-amino-alcohol motifs (C(OH)–C–C–N with tert-alkyl or cyclic N) is 1. The minimum absolute atomic E-state index is 0.141. The van der Waals surface area contributed by atoms with Crippen molar-refractivity contribution < 1.29 is 5.11 Å². The van der Waals surface area contributed by atoms with Gasteiger partial charge in [0.2, 0.25) is 0 Å². The Balaban J connectivity index is 2.17. The molecule has 0 amide bonds. The van der Waals surface area contributed by atoms with Crippen LogP contribution >= 0.6 is 11.3 Å². The number of rotatable bonds is 4. The normalized spacial score (nSPS) is 29.4. The monoisotopic (exact) mass is 254 g/mol. The van der Waals surface area contributed by atoms with Crippen LogP contribution in [0, 0.1) is 0 Å². The van der Waals surface area contributed by atoms with E-state index in [9.17, 15) is 5.11 Å². The summed E-state index contributed by atoms with van der Waals surface area (Å²) in [7, 11) is 0. The van der Waals surface area contributed by atoms with E-state index in [0.29, 0.717) is 0 Å². The van der Waals surface area contributed by atoms with E-state index in [-0.39, 0.29) is 12.1 Å². The first kappa shape index (κ1) is 13.0. The molecule has 1 fully saturated rings. The molecule has 1 aromatic rings. The second kappa shape index (κ2) is 5.06. The maximum absolute atomic E-state index is 10.1. The van der Waals surface area contributed by atoms with Crippen molar-refractivity contribution in [2.75, 3.05) is 13.1 Å². The molecule has 2 heterocycles. The molecule has 3 atom stereocenters. The molecule has 1 aliphatic heterocycles. The lowest BCUT2D eigenvalue weighted by Crippen LogP contribution is -2.41. The van der Waals surface area contributed by atoms with Crippen molar-refractivity contribution in [1.29, 1.82) is 0 Å². The molecule has 1 aliphatic rings. The van der Waals surface area contributed by atoms with Gasteiger partial charge in [0, 0.05) is 24.0 Å². The van der Waals surface area contributed by atoms with Crippen molar-refractivity contribution in [3.05, 3.63) is 22.4 Å². The van der Waals surface area contributed by atoms with Gasteiger partial charge >= 0.3 is 0 Å². The fraction of sp³-hybridized carbons (Fsp3) is 0.692. The van der Waals surface area contributed by atoms with E-state index in [0.717, 1.165) is 25.9 Å². The predicted octanol–water partition coefficient (Wildman–Crippen LogP) is 1.98. The standard InChI is InChI=1S/C13H22N2OS/c1-3-10(14)12(11-5-4-8-17-11)15-7-6-13(2,16)9-15/h4-5,8,10,12,16H,3,6-7,9,14H2,1-2H3. The lowest BCUT2D eigenvalue weighted by molar-refractivity contribution is 0.0597. The third-order valence-corrected chi connectivity index (χ3v) is 4.53. The van der Waals surface area contributed by atoms with Crippen LogP contribution in [0.2, 0.25) is 0 Å². The van der Waals surface area contributed by atoms with Gasteiger partial charge in [-0.25, -0.2) is 0 Å². The summed E-state index contributed by atoms with van der Waals surface area (Å²) in [5.74, 6) is 0. The molecule has 0 radical (unpaired) electrons. The first-order chi connectivity index (χ1) is 8.03. The van der Waals surface area contributed by atoms with Gasteiger partial charge in [-0.15, -0.1) is 11.3 Å². The van der Waals surface area contributed by atoms with Gasteiger partial charge in [0.05, 0.1) is 11.6 Å². The molecule has 3 unspecified atom stereocenters. The summed E-state index contributed by atoms with van der Waals surface area (Å²) in [4.78, 5) is 3.65. The zero-order chi connectivity index (χ0) is 12.5. The van der Waals surface area contributed by atoms with Crippen molar-refractivity contribution in [2.45, 2.75) is 44.4 Å². The van der Waals surface area contributed by atoms with Gasteiger partial charge < -0.3 is 10.8 Å². The molecule has 17 heavy (non-hydrogen) atoms. The molecule has 2 rings (SSSR count). The lowest BCUT2D eigenvalue weighted by atomic mass is 10.0. The molecule has 0 aliphatic carbocycles. The minimum atomic E-state index is -0.553. The third kappa shape index (κ3) is 2.88. The largest absolute Gasteiger partial charge is 0.389 e. The molecule has 0 saturated carbocycles. The van der Waals surface area contributed by atoms with E-state index in [1.54, 1.807) is 11.3 Å². The van der Waals surface area contributed by atoms with Crippen molar-refractivity contribution >= 4 is 11.3 Å². The molecule has 4 heteroatoms. The molecule has 0 spiro atoms. The molecule has 96 valence electrons. The maximum atomic E-state index is 10.1. The highest BCUT2D eigenvalue weighted by atomic mass is 32.1. The highest BCUT2D eigenvalue weighted by molar-refractivity contribution is 7.10. The van der Waals surface area contributed by atoms with Crippen LogP contribution in [0.25, 0.3) is 0 Å². The molecular weight excluding hydrogens is 232 g/mol. The van der Waals surface area contributed by atoms with Gasteiger partial charge in [0.1, 0.15) is 0 Å². The van der Waals surface area contributed by atoms with Crippen LogP contribution in [0.1, 0.15) is 37.6 Å². The molecule has 1 saturated heterocycles. The summed E-state index contributed by atoms with van der Waals surface area (Å²) in [6, 6.07) is 4.62. The van der Waals surface area contributed by atoms with Crippen LogP contribution in [-0.2, 0) is 0 Å². The van der Waals surface area contributed by atoms with Gasteiger partial charge in [0.15, 0.2) is 0 Å². The lowest BCUT2D eigenvalue weighted by Gasteiger charge is -2.32. The zero-order valence-electron chi connectivity index (χ0n) is 10.6. The molecule has 0 bridgehead atoms. The number of nitrogens with two attached hydrogens (primary N) is 1. The number of hydrogen-bond acceptors (Lipinski definition) is 4. The molecular formula is C13H22N2OS. The van der Waals surface area contributed by atoms with E-state index >= 15 is 0 Å². The number of aliphatic hydroxyl groups is 1. The zero-order valence-corrected chi connectivity index (χ0v) is 11.4. The average Bonchev–Trinajstić information content (AvgIpc) is 2.89. The van der Waals surface area contributed by atoms with Gasteiger partial charge in [-0.2, -0.15) is 0 Å². The van der Waals surface area contributed by atoms with Crippen molar-refractivity contribution in [3.8, 4) is 0 Å². The first-order valence-corrected chi connectivity index (χ1v) is 7.17. The van der Waals surface area contributed by atoms with E-state index in [2.05, 4.69) is 29.3 Å². The minimum Gasteiger partial charge on any atom is -0.389 e. The van der Waals surface area contributed by atoms with Gasteiger partial charge in [0.25, 0.3) is 0 Å². The maximum Gasteiger partial charge on any atom is 0.0758 e. The Labute approximate surface area is 107 Å². The summed E-state index contributed by atoms with van der Waals surface area (Å²) >= 11 is 1.76. The van der Waals surface area contributed by atoms with Crippen molar-refractivity contribution in [3.63, 3.8) is 0 Å². The topological polar surface area (TPSA) is 49.5 Å². The van der Waals surface area contributed by atoms with Crippen LogP contribution < -0.4 is 5.73 Å². The van der Waals surface area contributed by atoms with Gasteiger partial charge in [-0.05, 0) is 31.2 Å². The Morgan fingerprint density at radius 1 is 1.65 bits per heavy atom. The highest BCUT2D eigenvalue weighted by Crippen LogP contribution is 2.34. The summed E-state index contributed by atoms with van der Waals surface area (Å²) in [5.41, 5.74) is 5.71. The smallest absolute Gasteiger partial charge is 0.0758 e. The average molecular weight is 254 g/mol. The number of likely N-dealkylation sites (tertiary alicyclic amines) is 1. The van der Waals surface area contributed by atoms with E-state index in [1.165, 1.54) is 4.88 Å². The SMILES string of the molecule is CCC(N)C(c1cccs1)N1CCC(C)(O)C1.